The molecule has 0 aliphatic rings. The van der Waals surface area contributed by atoms with Crippen LogP contribution in [0.5, 0.6) is 11.6 Å². The molecule has 1 N–H and O–H groups in total. The minimum Gasteiger partial charge on any atom is -0.437 e. The van der Waals surface area contributed by atoms with Crippen LogP contribution in [0.15, 0.2) is 65.7 Å². The number of sulfonamides is 1. The molecule has 0 atom stereocenters. The average Bonchev–Trinajstić information content (AvgIpc) is 2.69. The van der Waals surface area contributed by atoms with E-state index >= 15 is 0 Å². The van der Waals surface area contributed by atoms with Gasteiger partial charge in [-0.15, -0.1) is 0 Å². The molecule has 11 heteroatoms. The van der Waals surface area contributed by atoms with Gasteiger partial charge in [0, 0.05) is 6.20 Å². The number of rotatable bonds is 5. The van der Waals surface area contributed by atoms with Crippen LogP contribution in [-0.2, 0) is 16.2 Å². The van der Waals surface area contributed by atoms with Gasteiger partial charge in [0.15, 0.2) is 0 Å². The number of aromatic nitrogens is 1. The van der Waals surface area contributed by atoms with Crippen molar-refractivity contribution in [1.29, 1.82) is 5.26 Å². The molecular weight excluding hydrogens is 443 g/mol. The first-order valence-electron chi connectivity index (χ1n) is 8.12. The van der Waals surface area contributed by atoms with E-state index in [0.717, 1.165) is 12.1 Å². The molecule has 0 unspecified atom stereocenters. The number of anilines is 1. The van der Waals surface area contributed by atoms with Crippen molar-refractivity contribution in [3.63, 3.8) is 0 Å². The van der Waals surface area contributed by atoms with E-state index in [9.17, 15) is 21.6 Å². The summed E-state index contributed by atoms with van der Waals surface area (Å²) in [5.74, 6) is 0.0591. The largest absolute Gasteiger partial charge is 0.437 e. The van der Waals surface area contributed by atoms with Crippen LogP contribution in [0.25, 0.3) is 0 Å². The Kier molecular flexibility index (Phi) is 5.87. The molecule has 0 spiro atoms. The molecule has 3 aromatic rings. The van der Waals surface area contributed by atoms with Gasteiger partial charge in [0.1, 0.15) is 11.4 Å². The Morgan fingerprint density at radius 2 is 1.80 bits per heavy atom. The van der Waals surface area contributed by atoms with Gasteiger partial charge in [-0.2, -0.15) is 18.4 Å². The number of ether oxygens (including phenoxy) is 1. The van der Waals surface area contributed by atoms with Gasteiger partial charge in [-0.25, -0.2) is 13.4 Å². The SMILES string of the molecule is N#Cc1cccc(Oc2ncc(Cl)cc2NS(=O)(=O)c2ccc(C(F)(F)F)cc2)c1. The molecule has 6 nitrogen and oxygen atoms in total. The highest BCUT2D eigenvalue weighted by Gasteiger charge is 2.30. The van der Waals surface area contributed by atoms with Crippen molar-refractivity contribution in [3.8, 4) is 17.7 Å². The minimum absolute atomic E-state index is 0.0956. The molecule has 0 aliphatic heterocycles. The van der Waals surface area contributed by atoms with E-state index in [1.54, 1.807) is 12.1 Å². The van der Waals surface area contributed by atoms with Gasteiger partial charge in [-0.05, 0) is 48.5 Å². The van der Waals surface area contributed by atoms with Crippen LogP contribution >= 0.6 is 11.6 Å². The van der Waals surface area contributed by atoms with E-state index in [-0.39, 0.29) is 22.3 Å². The van der Waals surface area contributed by atoms with Crippen LogP contribution < -0.4 is 9.46 Å². The summed E-state index contributed by atoms with van der Waals surface area (Å²) in [7, 11) is -4.27. The molecule has 3 rings (SSSR count). The molecule has 0 radical (unpaired) electrons. The lowest BCUT2D eigenvalue weighted by Crippen LogP contribution is -2.14. The molecule has 2 aromatic carbocycles. The van der Waals surface area contributed by atoms with Crippen molar-refractivity contribution < 1.29 is 26.3 Å². The van der Waals surface area contributed by atoms with E-state index in [2.05, 4.69) is 9.71 Å². The summed E-state index contributed by atoms with van der Waals surface area (Å²) >= 11 is 5.89. The lowest BCUT2D eigenvalue weighted by Gasteiger charge is -2.13. The second kappa shape index (κ2) is 8.22. The van der Waals surface area contributed by atoms with Crippen molar-refractivity contribution in [2.75, 3.05) is 4.72 Å². The molecule has 0 aliphatic carbocycles. The van der Waals surface area contributed by atoms with Crippen LogP contribution in [0, 0.1) is 11.3 Å². The van der Waals surface area contributed by atoms with E-state index in [1.165, 1.54) is 24.4 Å². The average molecular weight is 454 g/mol. The number of hydrogen-bond acceptors (Lipinski definition) is 5. The molecule has 0 bridgehead atoms. The summed E-state index contributed by atoms with van der Waals surface area (Å²) < 4.78 is 71.1. The summed E-state index contributed by atoms with van der Waals surface area (Å²) in [5, 5.41) is 9.06. The van der Waals surface area contributed by atoms with Crippen molar-refractivity contribution in [1.82, 2.24) is 4.98 Å². The first-order valence-corrected chi connectivity index (χ1v) is 9.98. The quantitative estimate of drug-likeness (QED) is 0.572. The Morgan fingerprint density at radius 1 is 1.10 bits per heavy atom. The fourth-order valence-corrected chi connectivity index (χ4v) is 3.55. The normalized spacial score (nSPS) is 11.6. The third-order valence-corrected chi connectivity index (χ3v) is 5.32. The third kappa shape index (κ3) is 5.00. The molecule has 154 valence electrons. The van der Waals surface area contributed by atoms with Crippen molar-refractivity contribution in [3.05, 3.63) is 76.9 Å². The van der Waals surface area contributed by atoms with Crippen LogP contribution in [-0.4, -0.2) is 13.4 Å². The van der Waals surface area contributed by atoms with Gasteiger partial charge in [0.2, 0.25) is 5.88 Å². The second-order valence-electron chi connectivity index (χ2n) is 5.88. The number of hydrogen-bond donors (Lipinski definition) is 1. The zero-order valence-electron chi connectivity index (χ0n) is 14.8. The number of nitriles is 1. The minimum atomic E-state index is -4.59. The maximum atomic E-state index is 12.7. The molecule has 1 heterocycles. The number of benzene rings is 2. The molecule has 0 saturated carbocycles. The predicted octanol–water partition coefficient (Wildman–Crippen LogP) is 5.22. The van der Waals surface area contributed by atoms with Crippen molar-refractivity contribution >= 4 is 27.3 Å². The first kappa shape index (κ1) is 21.4. The third-order valence-electron chi connectivity index (χ3n) is 3.73. The van der Waals surface area contributed by atoms with Gasteiger partial charge >= 0.3 is 6.18 Å². The molecule has 30 heavy (non-hydrogen) atoms. The number of nitrogens with zero attached hydrogens (tertiary/aromatic N) is 2. The highest BCUT2D eigenvalue weighted by Crippen LogP contribution is 2.33. The first-order chi connectivity index (χ1) is 14.1. The second-order valence-corrected chi connectivity index (χ2v) is 7.99. The maximum absolute atomic E-state index is 12.7. The Bertz CT molecular complexity index is 1220. The predicted molar refractivity (Wildman–Crippen MR) is 103 cm³/mol. The standard InChI is InChI=1S/C19H11ClF3N3O3S/c20-14-9-17(18(25-11-14)29-15-3-1-2-12(8-15)10-24)26-30(27,28)16-6-4-13(5-7-16)19(21,22)23/h1-9,11,26H. The summed E-state index contributed by atoms with van der Waals surface area (Å²) in [4.78, 5) is 3.55. The van der Waals surface area contributed by atoms with Crippen molar-refractivity contribution in [2.45, 2.75) is 11.1 Å². The summed E-state index contributed by atoms with van der Waals surface area (Å²) in [6, 6.07) is 12.2. The van der Waals surface area contributed by atoms with Gasteiger partial charge in [0.05, 0.1) is 27.1 Å². The van der Waals surface area contributed by atoms with Gasteiger partial charge in [-0.1, -0.05) is 17.7 Å². The summed E-state index contributed by atoms with van der Waals surface area (Å²) in [6.45, 7) is 0. The van der Waals surface area contributed by atoms with Crippen LogP contribution in [0.3, 0.4) is 0 Å². The summed E-state index contributed by atoms with van der Waals surface area (Å²) in [6.07, 6.45) is -3.37. The molecule has 1 aromatic heterocycles. The molecule has 0 saturated heterocycles. The van der Waals surface area contributed by atoms with Gasteiger partial charge < -0.3 is 4.74 Å². The molecule has 0 fully saturated rings. The Balaban J connectivity index is 1.92. The highest BCUT2D eigenvalue weighted by atomic mass is 35.5. The number of alkyl halides is 3. The van der Waals surface area contributed by atoms with E-state index in [1.807, 2.05) is 6.07 Å². The van der Waals surface area contributed by atoms with Gasteiger partial charge in [0.25, 0.3) is 10.0 Å². The fourth-order valence-electron chi connectivity index (χ4n) is 2.35. The zero-order valence-corrected chi connectivity index (χ0v) is 16.4. The number of pyridine rings is 1. The highest BCUT2D eigenvalue weighted by molar-refractivity contribution is 7.92. The lowest BCUT2D eigenvalue weighted by molar-refractivity contribution is -0.137. The van der Waals surface area contributed by atoms with E-state index in [0.29, 0.717) is 17.7 Å². The number of halogens is 4. The smallest absolute Gasteiger partial charge is 0.416 e. The fraction of sp³-hybridized carbons (Fsp3) is 0.0526. The Labute approximate surface area is 174 Å². The van der Waals surface area contributed by atoms with E-state index < -0.39 is 26.7 Å². The van der Waals surface area contributed by atoms with Crippen LogP contribution in [0.2, 0.25) is 5.02 Å². The van der Waals surface area contributed by atoms with Crippen LogP contribution in [0.1, 0.15) is 11.1 Å². The molecular formula is C19H11ClF3N3O3S. The van der Waals surface area contributed by atoms with Gasteiger partial charge in [-0.3, -0.25) is 4.72 Å². The number of nitrogens with one attached hydrogen (secondary N) is 1. The van der Waals surface area contributed by atoms with Crippen LogP contribution in [0.4, 0.5) is 18.9 Å². The Morgan fingerprint density at radius 3 is 2.43 bits per heavy atom. The molecule has 0 amide bonds. The Hall–Kier alpha value is -3.29. The monoisotopic (exact) mass is 453 g/mol. The topological polar surface area (TPSA) is 92.1 Å². The maximum Gasteiger partial charge on any atom is 0.416 e. The zero-order chi connectivity index (χ0) is 21.9. The summed E-state index contributed by atoms with van der Waals surface area (Å²) in [5.41, 5.74) is -0.801. The lowest BCUT2D eigenvalue weighted by atomic mass is 10.2. The van der Waals surface area contributed by atoms with E-state index in [4.69, 9.17) is 21.6 Å². The van der Waals surface area contributed by atoms with Crippen molar-refractivity contribution in [2.24, 2.45) is 0 Å².